The average Bonchev–Trinajstić information content (AvgIpc) is 2.33. The van der Waals surface area contributed by atoms with Gasteiger partial charge in [-0.15, -0.1) is 0 Å². The van der Waals surface area contributed by atoms with Gasteiger partial charge in [-0.1, -0.05) is 20.8 Å². The Kier molecular flexibility index (Phi) is 6.18. The van der Waals surface area contributed by atoms with Crippen molar-refractivity contribution in [2.45, 2.75) is 27.3 Å². The minimum atomic E-state index is 0.235. The normalized spacial score (nSPS) is 11.6. The van der Waals surface area contributed by atoms with Crippen molar-refractivity contribution >= 4 is 5.95 Å². The fourth-order valence-electron chi connectivity index (χ4n) is 1.83. The van der Waals surface area contributed by atoms with Crippen LogP contribution in [0.5, 0.6) is 0 Å². The molecule has 0 radical (unpaired) electrons. The van der Waals surface area contributed by atoms with Gasteiger partial charge in [0.15, 0.2) is 0 Å². The molecule has 0 aliphatic rings. The maximum Gasteiger partial charge on any atom is 0.225 e. The fraction of sp³-hybridized carbons (Fsp3) is 0.714. The molecule has 0 aliphatic carbocycles. The molecule has 0 fully saturated rings. The van der Waals surface area contributed by atoms with Crippen LogP contribution in [0.2, 0.25) is 0 Å². The molecule has 5 heteroatoms. The van der Waals surface area contributed by atoms with Gasteiger partial charge in [0.25, 0.3) is 0 Å². The Morgan fingerprint density at radius 3 is 2.42 bits per heavy atom. The van der Waals surface area contributed by atoms with E-state index in [9.17, 15) is 0 Å². The van der Waals surface area contributed by atoms with Gasteiger partial charge in [0.2, 0.25) is 5.95 Å². The lowest BCUT2D eigenvalue weighted by molar-refractivity contribution is 0.199. The van der Waals surface area contributed by atoms with Crippen molar-refractivity contribution in [1.29, 1.82) is 0 Å². The molecular formula is C14H26N4O. The third-order valence-corrected chi connectivity index (χ3v) is 2.56. The minimum Gasteiger partial charge on any atom is -0.383 e. The Bertz CT molecular complexity index is 359. The number of nitrogens with zero attached hydrogens (tertiary/aromatic N) is 3. The molecule has 0 unspecified atom stereocenters. The van der Waals surface area contributed by atoms with Gasteiger partial charge in [-0.3, -0.25) is 0 Å². The first kappa shape index (κ1) is 15.9. The fourth-order valence-corrected chi connectivity index (χ4v) is 1.83. The van der Waals surface area contributed by atoms with E-state index in [1.165, 1.54) is 0 Å². The van der Waals surface area contributed by atoms with E-state index < -0.39 is 0 Å². The lowest BCUT2D eigenvalue weighted by Gasteiger charge is -2.26. The predicted molar refractivity (Wildman–Crippen MR) is 78.3 cm³/mol. The van der Waals surface area contributed by atoms with Crippen LogP contribution in [0.4, 0.5) is 5.95 Å². The molecule has 0 atom stereocenters. The summed E-state index contributed by atoms with van der Waals surface area (Å²) >= 11 is 0. The van der Waals surface area contributed by atoms with Crippen molar-refractivity contribution in [3.63, 3.8) is 0 Å². The third kappa shape index (κ3) is 6.50. The van der Waals surface area contributed by atoms with Gasteiger partial charge in [-0.25, -0.2) is 9.97 Å². The summed E-state index contributed by atoms with van der Waals surface area (Å²) < 4.78 is 4.98. The summed E-state index contributed by atoms with van der Waals surface area (Å²) in [6.07, 6.45) is 3.75. The zero-order valence-electron chi connectivity index (χ0n) is 12.7. The average molecular weight is 266 g/mol. The smallest absolute Gasteiger partial charge is 0.225 e. The van der Waals surface area contributed by atoms with Crippen LogP contribution in [0.1, 0.15) is 26.3 Å². The number of hydrogen-bond acceptors (Lipinski definition) is 5. The SMILES string of the molecule is COCCNCc1cnc(N(C)CC(C)(C)C)nc1. The quantitative estimate of drug-likeness (QED) is 0.761. The molecule has 19 heavy (non-hydrogen) atoms. The standard InChI is InChI=1S/C14H26N4O/c1-14(2,3)11-18(4)13-16-9-12(10-17-13)8-15-6-7-19-5/h9-10,15H,6-8,11H2,1-5H3. The molecule has 1 N–H and O–H groups in total. The molecule has 5 nitrogen and oxygen atoms in total. The van der Waals surface area contributed by atoms with E-state index in [1.807, 2.05) is 19.4 Å². The highest BCUT2D eigenvalue weighted by molar-refractivity contribution is 5.28. The number of rotatable bonds is 7. The lowest BCUT2D eigenvalue weighted by Crippen LogP contribution is -2.30. The van der Waals surface area contributed by atoms with Crippen molar-refractivity contribution < 1.29 is 4.74 Å². The van der Waals surface area contributed by atoms with Gasteiger partial charge in [0.1, 0.15) is 0 Å². The molecule has 0 aromatic carbocycles. The molecule has 0 amide bonds. The molecule has 0 saturated carbocycles. The summed E-state index contributed by atoms with van der Waals surface area (Å²) in [6.45, 7) is 9.87. The zero-order chi connectivity index (χ0) is 14.3. The van der Waals surface area contributed by atoms with E-state index in [4.69, 9.17) is 4.74 Å². The van der Waals surface area contributed by atoms with Crippen LogP contribution in [0, 0.1) is 5.41 Å². The predicted octanol–water partition coefficient (Wildman–Crippen LogP) is 1.69. The first-order chi connectivity index (χ1) is 8.92. The molecular weight excluding hydrogens is 240 g/mol. The van der Waals surface area contributed by atoms with Crippen LogP contribution in [0.15, 0.2) is 12.4 Å². The van der Waals surface area contributed by atoms with Crippen LogP contribution in [-0.4, -0.2) is 43.8 Å². The van der Waals surface area contributed by atoms with E-state index in [0.717, 1.165) is 31.1 Å². The molecule has 108 valence electrons. The van der Waals surface area contributed by atoms with Crippen LogP contribution >= 0.6 is 0 Å². The van der Waals surface area contributed by atoms with Crippen LogP contribution < -0.4 is 10.2 Å². The first-order valence-corrected chi connectivity index (χ1v) is 6.64. The van der Waals surface area contributed by atoms with Gasteiger partial charge in [0.05, 0.1) is 6.61 Å². The van der Waals surface area contributed by atoms with E-state index in [-0.39, 0.29) is 5.41 Å². The Morgan fingerprint density at radius 1 is 1.26 bits per heavy atom. The summed E-state index contributed by atoms with van der Waals surface area (Å²) in [4.78, 5) is 10.9. The van der Waals surface area contributed by atoms with Gasteiger partial charge in [-0.2, -0.15) is 0 Å². The Labute approximate surface area is 116 Å². The molecule has 0 aliphatic heterocycles. The number of anilines is 1. The minimum absolute atomic E-state index is 0.235. The molecule has 1 heterocycles. The Hall–Kier alpha value is -1.20. The number of ether oxygens (including phenoxy) is 1. The highest BCUT2D eigenvalue weighted by atomic mass is 16.5. The van der Waals surface area contributed by atoms with E-state index in [1.54, 1.807) is 7.11 Å². The second-order valence-electron chi connectivity index (χ2n) is 5.98. The van der Waals surface area contributed by atoms with Gasteiger partial charge in [0, 0.05) is 51.7 Å². The van der Waals surface area contributed by atoms with Gasteiger partial charge >= 0.3 is 0 Å². The van der Waals surface area contributed by atoms with Crippen molar-refractivity contribution in [2.24, 2.45) is 5.41 Å². The topological polar surface area (TPSA) is 50.3 Å². The molecule has 1 rings (SSSR count). The lowest BCUT2D eigenvalue weighted by atomic mass is 9.96. The van der Waals surface area contributed by atoms with Crippen LogP contribution in [-0.2, 0) is 11.3 Å². The monoisotopic (exact) mass is 266 g/mol. The van der Waals surface area contributed by atoms with Crippen molar-refractivity contribution in [3.05, 3.63) is 18.0 Å². The second-order valence-corrected chi connectivity index (χ2v) is 5.98. The largest absolute Gasteiger partial charge is 0.383 e. The zero-order valence-corrected chi connectivity index (χ0v) is 12.7. The van der Waals surface area contributed by atoms with Crippen molar-refractivity contribution in [3.8, 4) is 0 Å². The number of nitrogens with one attached hydrogen (secondary N) is 1. The maximum atomic E-state index is 4.98. The highest BCUT2D eigenvalue weighted by Crippen LogP contribution is 2.17. The van der Waals surface area contributed by atoms with E-state index in [2.05, 4.69) is 41.0 Å². The molecule has 1 aromatic rings. The molecule has 0 saturated heterocycles. The van der Waals surface area contributed by atoms with E-state index in [0.29, 0.717) is 6.61 Å². The highest BCUT2D eigenvalue weighted by Gasteiger charge is 2.15. The van der Waals surface area contributed by atoms with Crippen molar-refractivity contribution in [2.75, 3.05) is 38.8 Å². The molecule has 0 spiro atoms. The summed E-state index contributed by atoms with van der Waals surface area (Å²) in [6, 6.07) is 0. The Balaban J connectivity index is 2.47. The summed E-state index contributed by atoms with van der Waals surface area (Å²) in [5.41, 5.74) is 1.32. The third-order valence-electron chi connectivity index (χ3n) is 2.56. The summed E-state index contributed by atoms with van der Waals surface area (Å²) in [5, 5.41) is 3.27. The number of aromatic nitrogens is 2. The van der Waals surface area contributed by atoms with Crippen molar-refractivity contribution in [1.82, 2.24) is 15.3 Å². The molecule has 1 aromatic heterocycles. The van der Waals surface area contributed by atoms with E-state index >= 15 is 0 Å². The van der Waals surface area contributed by atoms with Gasteiger partial charge in [-0.05, 0) is 5.41 Å². The summed E-state index contributed by atoms with van der Waals surface area (Å²) in [5.74, 6) is 0.774. The number of methoxy groups -OCH3 is 1. The number of hydrogen-bond donors (Lipinski definition) is 1. The summed E-state index contributed by atoms with van der Waals surface area (Å²) in [7, 11) is 3.72. The van der Waals surface area contributed by atoms with Crippen LogP contribution in [0.25, 0.3) is 0 Å². The van der Waals surface area contributed by atoms with Gasteiger partial charge < -0.3 is 15.0 Å². The second kappa shape index (κ2) is 7.40. The maximum absolute atomic E-state index is 4.98. The Morgan fingerprint density at radius 2 is 1.89 bits per heavy atom. The van der Waals surface area contributed by atoms with Crippen LogP contribution in [0.3, 0.4) is 0 Å². The first-order valence-electron chi connectivity index (χ1n) is 6.64. The molecule has 0 bridgehead atoms.